The zero-order valence-electron chi connectivity index (χ0n) is 23.2. The molecule has 1 aliphatic carbocycles. The predicted octanol–water partition coefficient (Wildman–Crippen LogP) is 6.64. The van der Waals surface area contributed by atoms with Crippen LogP contribution >= 0.6 is 11.6 Å². The molecule has 0 bridgehead atoms. The molecule has 6 rings (SSSR count). The molecule has 3 heterocycles. The van der Waals surface area contributed by atoms with E-state index >= 15 is 0 Å². The predicted molar refractivity (Wildman–Crippen MR) is 163 cm³/mol. The van der Waals surface area contributed by atoms with Gasteiger partial charge in [-0.05, 0) is 56.2 Å². The summed E-state index contributed by atoms with van der Waals surface area (Å²) in [6.07, 6.45) is 9.92. The molecule has 8 nitrogen and oxygen atoms in total. The highest BCUT2D eigenvalue weighted by molar-refractivity contribution is 6.33. The number of amides is 1. The number of nitrogens with zero attached hydrogens (tertiary/aromatic N) is 3. The van der Waals surface area contributed by atoms with Gasteiger partial charge in [0.05, 0.1) is 16.9 Å². The van der Waals surface area contributed by atoms with E-state index in [4.69, 9.17) is 21.3 Å². The number of aromatic amines is 1. The summed E-state index contributed by atoms with van der Waals surface area (Å²) in [5.41, 5.74) is 3.79. The van der Waals surface area contributed by atoms with Crippen molar-refractivity contribution >= 4 is 34.5 Å². The molecule has 0 radical (unpaired) electrons. The molecule has 0 spiro atoms. The molecule has 1 saturated heterocycles. The van der Waals surface area contributed by atoms with E-state index < -0.39 is 0 Å². The number of hydrogen-bond donors (Lipinski definition) is 3. The fourth-order valence-corrected chi connectivity index (χ4v) is 6.29. The lowest BCUT2D eigenvalue weighted by atomic mass is 9.85. The molecule has 1 amide bonds. The number of para-hydroxylation sites is 1. The number of rotatable bonds is 8. The minimum absolute atomic E-state index is 0.217. The molecule has 2 aromatic heterocycles. The Bertz CT molecular complexity index is 1450. The van der Waals surface area contributed by atoms with Crippen LogP contribution < -0.4 is 10.6 Å². The van der Waals surface area contributed by atoms with E-state index in [1.165, 1.54) is 12.8 Å². The van der Waals surface area contributed by atoms with Gasteiger partial charge in [0.1, 0.15) is 6.61 Å². The van der Waals surface area contributed by atoms with Crippen LogP contribution in [0.3, 0.4) is 0 Å². The third-order valence-electron chi connectivity index (χ3n) is 8.36. The second kappa shape index (κ2) is 12.9. The Balaban J connectivity index is 0.968. The average molecular weight is 573 g/mol. The van der Waals surface area contributed by atoms with Gasteiger partial charge >= 0.3 is 6.09 Å². The van der Waals surface area contributed by atoms with Crippen molar-refractivity contribution in [2.75, 3.05) is 25.0 Å². The first-order chi connectivity index (χ1) is 20.1. The van der Waals surface area contributed by atoms with E-state index in [0.717, 1.165) is 73.0 Å². The number of halogens is 1. The van der Waals surface area contributed by atoms with Gasteiger partial charge in [0.25, 0.3) is 0 Å². The first kappa shape index (κ1) is 27.5. The Labute approximate surface area is 245 Å². The number of benzene rings is 2. The number of aromatic nitrogens is 3. The van der Waals surface area contributed by atoms with Crippen LogP contribution in [0.25, 0.3) is 22.2 Å². The summed E-state index contributed by atoms with van der Waals surface area (Å²) in [6, 6.07) is 18.7. The van der Waals surface area contributed by atoms with Crippen LogP contribution in [0.15, 0.2) is 67.0 Å². The summed E-state index contributed by atoms with van der Waals surface area (Å²) in [4.78, 5) is 27.0. The Morgan fingerprint density at radius 3 is 2.68 bits per heavy atom. The number of ether oxygens (including phenoxy) is 1. The maximum atomic E-state index is 12.5. The van der Waals surface area contributed by atoms with Crippen molar-refractivity contribution < 1.29 is 9.53 Å². The molecule has 41 heavy (non-hydrogen) atoms. The second-order valence-corrected chi connectivity index (χ2v) is 11.6. The SMILES string of the molecule is O=C(OCc1ccccc1)N1CCC(NC[C@@H]2CCC[C@H](Nc3ncc(Cl)c(-c4c[nH]c5ccccc45)n3)C2)CC1. The molecule has 1 aliphatic heterocycles. The molecule has 4 aromatic rings. The van der Waals surface area contributed by atoms with Crippen LogP contribution in [0, 0.1) is 5.92 Å². The Morgan fingerprint density at radius 2 is 1.83 bits per heavy atom. The van der Waals surface area contributed by atoms with E-state index in [-0.39, 0.29) is 6.09 Å². The number of hydrogen-bond acceptors (Lipinski definition) is 6. The number of anilines is 1. The normalized spacial score (nSPS) is 19.8. The molecular formula is C32H37ClN6O2. The standard InChI is InChI=1S/C32H37ClN6O2/c33-28-20-36-31(38-30(28)27-19-35-29-12-5-4-11-26(27)29)37-25-10-6-9-23(17-25)18-34-24-13-15-39(16-14-24)32(40)41-21-22-7-2-1-3-8-22/h1-5,7-8,11-12,19-20,23-25,34-35H,6,9-10,13-18,21H2,(H,36,37,38)/t23-,25+/m1/s1. The van der Waals surface area contributed by atoms with Crippen LogP contribution in [0.4, 0.5) is 10.7 Å². The smallest absolute Gasteiger partial charge is 0.410 e. The van der Waals surface area contributed by atoms with Crippen LogP contribution in [-0.2, 0) is 11.3 Å². The number of piperidine rings is 1. The summed E-state index contributed by atoms with van der Waals surface area (Å²) in [6.45, 7) is 2.77. The highest BCUT2D eigenvalue weighted by Gasteiger charge is 2.27. The molecule has 2 aromatic carbocycles. The molecule has 9 heteroatoms. The van der Waals surface area contributed by atoms with Crippen LogP contribution in [0.2, 0.25) is 5.02 Å². The van der Waals surface area contributed by atoms with Gasteiger partial charge in [-0.2, -0.15) is 0 Å². The van der Waals surface area contributed by atoms with Crippen molar-refractivity contribution in [3.63, 3.8) is 0 Å². The van der Waals surface area contributed by atoms with Crippen molar-refractivity contribution in [2.24, 2.45) is 5.92 Å². The van der Waals surface area contributed by atoms with E-state index in [0.29, 0.717) is 35.6 Å². The largest absolute Gasteiger partial charge is 0.445 e. The van der Waals surface area contributed by atoms with Crippen LogP contribution in [-0.4, -0.2) is 57.7 Å². The van der Waals surface area contributed by atoms with Gasteiger partial charge in [-0.25, -0.2) is 14.8 Å². The lowest BCUT2D eigenvalue weighted by Crippen LogP contribution is -2.46. The fraction of sp³-hybridized carbons (Fsp3) is 0.406. The van der Waals surface area contributed by atoms with E-state index in [1.807, 2.05) is 59.6 Å². The minimum atomic E-state index is -0.217. The maximum absolute atomic E-state index is 12.5. The zero-order valence-corrected chi connectivity index (χ0v) is 23.9. The third-order valence-corrected chi connectivity index (χ3v) is 8.63. The Hall–Kier alpha value is -3.62. The Kier molecular flexibility index (Phi) is 8.68. The van der Waals surface area contributed by atoms with Crippen LogP contribution in [0.5, 0.6) is 0 Å². The first-order valence-electron chi connectivity index (χ1n) is 14.7. The van der Waals surface area contributed by atoms with Crippen molar-refractivity contribution in [1.82, 2.24) is 25.2 Å². The molecule has 2 aliphatic rings. The van der Waals surface area contributed by atoms with Gasteiger partial charge in [0.15, 0.2) is 0 Å². The monoisotopic (exact) mass is 572 g/mol. The van der Waals surface area contributed by atoms with Crippen molar-refractivity contribution in [3.8, 4) is 11.3 Å². The molecule has 214 valence electrons. The summed E-state index contributed by atoms with van der Waals surface area (Å²) in [5.74, 6) is 1.22. The molecule has 3 N–H and O–H groups in total. The molecule has 2 fully saturated rings. The lowest BCUT2D eigenvalue weighted by molar-refractivity contribution is 0.0848. The number of likely N-dealkylation sites (tertiary alicyclic amines) is 1. The number of carbonyl (C=O) groups excluding carboxylic acids is 1. The summed E-state index contributed by atoms with van der Waals surface area (Å²) < 4.78 is 5.51. The average Bonchev–Trinajstić information content (AvgIpc) is 3.45. The molecule has 2 atom stereocenters. The highest BCUT2D eigenvalue weighted by Crippen LogP contribution is 2.33. The number of nitrogens with one attached hydrogen (secondary N) is 3. The Morgan fingerprint density at radius 1 is 1.02 bits per heavy atom. The van der Waals surface area contributed by atoms with Crippen molar-refractivity contribution in [2.45, 2.75) is 57.2 Å². The van der Waals surface area contributed by atoms with Gasteiger partial charge in [-0.1, -0.05) is 66.6 Å². The molecule has 0 unspecified atom stereocenters. The second-order valence-electron chi connectivity index (χ2n) is 11.2. The maximum Gasteiger partial charge on any atom is 0.410 e. The zero-order chi connectivity index (χ0) is 28.0. The number of fused-ring (bicyclic) bond motifs is 1. The van der Waals surface area contributed by atoms with E-state index in [9.17, 15) is 4.79 Å². The highest BCUT2D eigenvalue weighted by atomic mass is 35.5. The van der Waals surface area contributed by atoms with Crippen molar-refractivity contribution in [1.29, 1.82) is 0 Å². The number of carbonyl (C=O) groups is 1. The minimum Gasteiger partial charge on any atom is -0.445 e. The first-order valence-corrected chi connectivity index (χ1v) is 15.0. The summed E-state index contributed by atoms with van der Waals surface area (Å²) in [7, 11) is 0. The summed E-state index contributed by atoms with van der Waals surface area (Å²) >= 11 is 6.53. The lowest BCUT2D eigenvalue weighted by Gasteiger charge is -2.34. The van der Waals surface area contributed by atoms with Crippen molar-refractivity contribution in [3.05, 3.63) is 77.6 Å². The number of H-pyrrole nitrogens is 1. The van der Waals surface area contributed by atoms with Crippen LogP contribution in [0.1, 0.15) is 44.1 Å². The van der Waals surface area contributed by atoms with Gasteiger partial charge in [-0.3, -0.25) is 0 Å². The molecular weight excluding hydrogens is 536 g/mol. The van der Waals surface area contributed by atoms with E-state index in [2.05, 4.69) is 26.7 Å². The van der Waals surface area contributed by atoms with E-state index in [1.54, 1.807) is 6.20 Å². The van der Waals surface area contributed by atoms with Gasteiger partial charge in [0.2, 0.25) is 5.95 Å². The fourth-order valence-electron chi connectivity index (χ4n) is 6.09. The molecule has 1 saturated carbocycles. The quantitative estimate of drug-likeness (QED) is 0.219. The van der Waals surface area contributed by atoms with Gasteiger partial charge in [0, 0.05) is 47.8 Å². The summed E-state index contributed by atoms with van der Waals surface area (Å²) in [5, 5.41) is 9.02. The third kappa shape index (κ3) is 6.82. The van der Waals surface area contributed by atoms with Gasteiger partial charge in [-0.15, -0.1) is 0 Å². The topological polar surface area (TPSA) is 95.2 Å². The van der Waals surface area contributed by atoms with Gasteiger partial charge < -0.3 is 25.3 Å².